The van der Waals surface area contributed by atoms with E-state index in [9.17, 15) is 0 Å². The zero-order chi connectivity index (χ0) is 9.84. The van der Waals surface area contributed by atoms with Gasteiger partial charge in [-0.2, -0.15) is 0 Å². The lowest BCUT2D eigenvalue weighted by atomic mass is 9.70. The van der Waals surface area contributed by atoms with Gasteiger partial charge in [-0.05, 0) is 31.1 Å². The van der Waals surface area contributed by atoms with Crippen LogP contribution in [0, 0.1) is 17.8 Å². The van der Waals surface area contributed by atoms with Crippen molar-refractivity contribution in [1.82, 2.24) is 0 Å². The van der Waals surface area contributed by atoms with Crippen molar-refractivity contribution in [3.63, 3.8) is 0 Å². The Labute approximate surface area is 82.9 Å². The van der Waals surface area contributed by atoms with E-state index in [0.29, 0.717) is 6.10 Å². The van der Waals surface area contributed by atoms with Crippen molar-refractivity contribution in [2.24, 2.45) is 17.8 Å². The molecule has 0 aromatic heterocycles. The summed E-state index contributed by atoms with van der Waals surface area (Å²) in [5, 5.41) is 0. The minimum absolute atomic E-state index is 0.448. The van der Waals surface area contributed by atoms with Crippen molar-refractivity contribution in [2.45, 2.75) is 52.6 Å². The predicted octanol–water partition coefficient (Wildman–Crippen LogP) is 3.48. The van der Waals surface area contributed by atoms with Crippen LogP contribution in [0.1, 0.15) is 46.5 Å². The van der Waals surface area contributed by atoms with Crippen molar-refractivity contribution in [2.75, 3.05) is 7.11 Å². The standard InChI is InChI=1S/C12H24O/c1-5-11-7-6-8-12(9(11)2)10(3)13-4/h9-12H,5-8H2,1-4H3. The maximum Gasteiger partial charge on any atom is 0.0574 e. The first-order valence-corrected chi connectivity index (χ1v) is 5.73. The molecule has 13 heavy (non-hydrogen) atoms. The van der Waals surface area contributed by atoms with Crippen LogP contribution in [0.5, 0.6) is 0 Å². The van der Waals surface area contributed by atoms with Gasteiger partial charge in [0.15, 0.2) is 0 Å². The van der Waals surface area contributed by atoms with Crippen LogP contribution in [-0.4, -0.2) is 13.2 Å². The van der Waals surface area contributed by atoms with E-state index in [2.05, 4.69) is 20.8 Å². The summed E-state index contributed by atoms with van der Waals surface area (Å²) in [6.45, 7) is 6.95. The molecule has 4 atom stereocenters. The fraction of sp³-hybridized carbons (Fsp3) is 1.00. The van der Waals surface area contributed by atoms with Gasteiger partial charge in [-0.25, -0.2) is 0 Å². The highest BCUT2D eigenvalue weighted by Crippen LogP contribution is 2.38. The Morgan fingerprint density at radius 3 is 2.62 bits per heavy atom. The maximum atomic E-state index is 5.45. The lowest BCUT2D eigenvalue weighted by Crippen LogP contribution is -2.33. The second-order valence-electron chi connectivity index (χ2n) is 4.56. The molecule has 1 rings (SSSR count). The lowest BCUT2D eigenvalue weighted by Gasteiger charge is -2.38. The van der Waals surface area contributed by atoms with Gasteiger partial charge < -0.3 is 4.74 Å². The van der Waals surface area contributed by atoms with Crippen LogP contribution in [0.15, 0.2) is 0 Å². The Morgan fingerprint density at radius 1 is 1.38 bits per heavy atom. The van der Waals surface area contributed by atoms with Crippen molar-refractivity contribution in [3.05, 3.63) is 0 Å². The Bertz CT molecular complexity index is 144. The molecule has 0 spiro atoms. The number of methoxy groups -OCH3 is 1. The molecule has 1 fully saturated rings. The molecule has 0 aromatic rings. The Balaban J connectivity index is 2.54. The highest BCUT2D eigenvalue weighted by molar-refractivity contribution is 4.82. The summed E-state index contributed by atoms with van der Waals surface area (Å²) in [6.07, 6.45) is 6.00. The summed E-state index contributed by atoms with van der Waals surface area (Å²) in [7, 11) is 1.84. The molecule has 0 aliphatic heterocycles. The van der Waals surface area contributed by atoms with Crippen molar-refractivity contribution < 1.29 is 4.74 Å². The molecule has 0 heterocycles. The van der Waals surface area contributed by atoms with E-state index in [1.807, 2.05) is 7.11 Å². The van der Waals surface area contributed by atoms with E-state index in [4.69, 9.17) is 4.74 Å². The van der Waals surface area contributed by atoms with Gasteiger partial charge in [0.05, 0.1) is 6.10 Å². The zero-order valence-electron chi connectivity index (χ0n) is 9.55. The Hall–Kier alpha value is -0.0400. The first-order valence-electron chi connectivity index (χ1n) is 5.73. The molecule has 1 heteroatoms. The minimum atomic E-state index is 0.448. The quantitative estimate of drug-likeness (QED) is 0.652. The smallest absolute Gasteiger partial charge is 0.0574 e. The van der Waals surface area contributed by atoms with Crippen LogP contribution in [0.2, 0.25) is 0 Å². The summed E-state index contributed by atoms with van der Waals surface area (Å²) < 4.78 is 5.45. The molecular formula is C12H24O. The van der Waals surface area contributed by atoms with Gasteiger partial charge in [0, 0.05) is 7.11 Å². The molecule has 0 radical (unpaired) electrons. The minimum Gasteiger partial charge on any atom is -0.381 e. The van der Waals surface area contributed by atoms with Crippen LogP contribution < -0.4 is 0 Å². The monoisotopic (exact) mass is 184 g/mol. The fourth-order valence-electron chi connectivity index (χ4n) is 2.90. The van der Waals surface area contributed by atoms with E-state index in [0.717, 1.165) is 17.8 Å². The summed E-state index contributed by atoms with van der Waals surface area (Å²) in [5.74, 6) is 2.59. The number of ether oxygens (including phenoxy) is 1. The summed E-state index contributed by atoms with van der Waals surface area (Å²) in [4.78, 5) is 0. The van der Waals surface area contributed by atoms with Gasteiger partial charge in [-0.1, -0.05) is 33.1 Å². The normalized spacial score (nSPS) is 37.4. The van der Waals surface area contributed by atoms with Crippen LogP contribution in [0.4, 0.5) is 0 Å². The molecule has 0 saturated heterocycles. The van der Waals surface area contributed by atoms with Crippen molar-refractivity contribution in [1.29, 1.82) is 0 Å². The van der Waals surface area contributed by atoms with Gasteiger partial charge in [0.2, 0.25) is 0 Å². The van der Waals surface area contributed by atoms with E-state index in [-0.39, 0.29) is 0 Å². The Kier molecular flexibility index (Phi) is 4.24. The molecule has 1 nitrogen and oxygen atoms in total. The third-order valence-corrected chi connectivity index (χ3v) is 4.03. The molecule has 4 unspecified atom stereocenters. The molecule has 1 aliphatic carbocycles. The summed E-state index contributed by atoms with van der Waals surface area (Å²) >= 11 is 0. The first kappa shape index (κ1) is 11.0. The number of rotatable bonds is 3. The maximum absolute atomic E-state index is 5.45. The molecule has 0 bridgehead atoms. The largest absolute Gasteiger partial charge is 0.381 e. The highest BCUT2D eigenvalue weighted by atomic mass is 16.5. The van der Waals surface area contributed by atoms with E-state index >= 15 is 0 Å². The average molecular weight is 184 g/mol. The van der Waals surface area contributed by atoms with Crippen LogP contribution in [0.3, 0.4) is 0 Å². The van der Waals surface area contributed by atoms with E-state index in [1.165, 1.54) is 25.7 Å². The van der Waals surface area contributed by atoms with Gasteiger partial charge in [-0.3, -0.25) is 0 Å². The zero-order valence-corrected chi connectivity index (χ0v) is 9.55. The average Bonchev–Trinajstić information content (AvgIpc) is 2.17. The summed E-state index contributed by atoms with van der Waals surface area (Å²) in [6, 6.07) is 0. The lowest BCUT2D eigenvalue weighted by molar-refractivity contribution is 0.00694. The molecule has 0 amide bonds. The van der Waals surface area contributed by atoms with Crippen molar-refractivity contribution >= 4 is 0 Å². The fourth-order valence-corrected chi connectivity index (χ4v) is 2.90. The molecule has 0 N–H and O–H groups in total. The second-order valence-corrected chi connectivity index (χ2v) is 4.56. The van der Waals surface area contributed by atoms with Crippen LogP contribution in [0.25, 0.3) is 0 Å². The van der Waals surface area contributed by atoms with Gasteiger partial charge >= 0.3 is 0 Å². The van der Waals surface area contributed by atoms with Crippen LogP contribution >= 0.6 is 0 Å². The SMILES string of the molecule is CCC1CCCC(C(C)OC)C1C. The summed E-state index contributed by atoms with van der Waals surface area (Å²) in [5.41, 5.74) is 0. The van der Waals surface area contributed by atoms with Gasteiger partial charge in [-0.15, -0.1) is 0 Å². The number of hydrogen-bond acceptors (Lipinski definition) is 1. The molecule has 1 aliphatic rings. The van der Waals surface area contributed by atoms with Gasteiger partial charge in [0.1, 0.15) is 0 Å². The highest BCUT2D eigenvalue weighted by Gasteiger charge is 2.32. The second kappa shape index (κ2) is 4.99. The third-order valence-electron chi connectivity index (χ3n) is 4.03. The third kappa shape index (κ3) is 2.46. The molecule has 1 saturated carbocycles. The van der Waals surface area contributed by atoms with E-state index in [1.54, 1.807) is 0 Å². The molecular weight excluding hydrogens is 160 g/mol. The molecule has 0 aromatic carbocycles. The number of hydrogen-bond donors (Lipinski definition) is 0. The van der Waals surface area contributed by atoms with Gasteiger partial charge in [0.25, 0.3) is 0 Å². The first-order chi connectivity index (χ1) is 6.20. The van der Waals surface area contributed by atoms with E-state index < -0.39 is 0 Å². The van der Waals surface area contributed by atoms with Crippen molar-refractivity contribution in [3.8, 4) is 0 Å². The predicted molar refractivity (Wildman–Crippen MR) is 56.8 cm³/mol. The Morgan fingerprint density at radius 2 is 2.08 bits per heavy atom. The van der Waals surface area contributed by atoms with Crippen LogP contribution in [-0.2, 0) is 4.74 Å². The topological polar surface area (TPSA) is 9.23 Å². The molecule has 78 valence electrons.